The molecule has 4 atom stereocenters. The van der Waals surface area contributed by atoms with E-state index in [9.17, 15) is 24.3 Å². The lowest BCUT2D eigenvalue weighted by atomic mass is 9.76. The molecule has 5 aromatic rings. The molecule has 3 aromatic carbocycles. The number of likely N-dealkylation sites (tertiary alicyclic amines) is 1. The van der Waals surface area contributed by atoms with Crippen LogP contribution in [0.15, 0.2) is 96.8 Å². The van der Waals surface area contributed by atoms with Crippen molar-refractivity contribution in [1.82, 2.24) is 30.5 Å². The van der Waals surface area contributed by atoms with Gasteiger partial charge in [-0.05, 0) is 86.1 Å². The maximum atomic E-state index is 14.3. The van der Waals surface area contributed by atoms with Crippen LogP contribution >= 0.6 is 11.3 Å². The maximum Gasteiger partial charge on any atom is 0.260 e. The van der Waals surface area contributed by atoms with Gasteiger partial charge in [0.05, 0.1) is 45.7 Å². The first-order chi connectivity index (χ1) is 32.6. The van der Waals surface area contributed by atoms with Crippen molar-refractivity contribution < 1.29 is 24.3 Å². The Labute approximate surface area is 403 Å². The Bertz CT molecular complexity index is 2660. The molecule has 2 fully saturated rings. The average molecular weight is 938 g/mol. The van der Waals surface area contributed by atoms with Gasteiger partial charge in [-0.3, -0.25) is 19.2 Å². The second-order valence-electron chi connectivity index (χ2n) is 19.5. The first-order valence-corrected chi connectivity index (χ1v) is 24.6. The molecular weight excluding hydrogens is 875 g/mol. The van der Waals surface area contributed by atoms with Gasteiger partial charge in [0.25, 0.3) is 11.8 Å². The molecule has 1 saturated heterocycles. The summed E-state index contributed by atoms with van der Waals surface area (Å²) in [6.07, 6.45) is 6.26. The number of aromatic nitrogens is 3. The second kappa shape index (κ2) is 20.4. The van der Waals surface area contributed by atoms with Crippen LogP contribution in [0.4, 0.5) is 28.8 Å². The molecule has 4 heterocycles. The fourth-order valence-electron chi connectivity index (χ4n) is 9.71. The van der Waals surface area contributed by atoms with Crippen LogP contribution in [0.25, 0.3) is 10.4 Å². The van der Waals surface area contributed by atoms with E-state index >= 15 is 0 Å². The fraction of sp³-hybridized carbons (Fsp3) is 0.415. The zero-order valence-electron chi connectivity index (χ0n) is 39.9. The van der Waals surface area contributed by atoms with E-state index in [0.717, 1.165) is 53.1 Å². The number of benzene rings is 3. The number of aliphatic hydroxyl groups excluding tert-OH is 1. The Morgan fingerprint density at radius 1 is 0.971 bits per heavy atom. The van der Waals surface area contributed by atoms with Crippen LogP contribution in [-0.2, 0) is 9.59 Å². The number of nitrogens with zero attached hydrogens (tertiary/aromatic N) is 6. The summed E-state index contributed by atoms with van der Waals surface area (Å²) >= 11 is 1.61. The zero-order chi connectivity index (χ0) is 48.3. The summed E-state index contributed by atoms with van der Waals surface area (Å²) in [5.41, 5.74) is 8.42. The van der Waals surface area contributed by atoms with Crippen molar-refractivity contribution in [2.75, 3.05) is 35.3 Å². The molecular formula is C53H63N9O5S. The van der Waals surface area contributed by atoms with Crippen molar-refractivity contribution >= 4 is 63.7 Å². The first-order valence-electron chi connectivity index (χ1n) is 23.7. The van der Waals surface area contributed by atoms with Gasteiger partial charge in [-0.15, -0.1) is 11.3 Å². The van der Waals surface area contributed by atoms with Crippen molar-refractivity contribution in [3.8, 4) is 10.4 Å². The molecule has 3 amide bonds. The van der Waals surface area contributed by atoms with Crippen molar-refractivity contribution in [1.29, 1.82) is 0 Å². The summed E-state index contributed by atoms with van der Waals surface area (Å²) in [6.45, 7) is 14.7. The molecule has 4 N–H and O–H groups in total. The molecule has 3 aliphatic rings. The van der Waals surface area contributed by atoms with Crippen molar-refractivity contribution in [3.63, 3.8) is 0 Å². The molecule has 0 spiro atoms. The van der Waals surface area contributed by atoms with Gasteiger partial charge >= 0.3 is 0 Å². The maximum absolute atomic E-state index is 14.3. The van der Waals surface area contributed by atoms with E-state index in [-0.39, 0.29) is 61.5 Å². The largest absolute Gasteiger partial charge is 0.391 e. The number of thiazole rings is 1. The number of fused-ring (bicyclic) bond motifs is 2. The van der Waals surface area contributed by atoms with Gasteiger partial charge in [0.15, 0.2) is 5.82 Å². The summed E-state index contributed by atoms with van der Waals surface area (Å²) < 4.78 is 0. The summed E-state index contributed by atoms with van der Waals surface area (Å²) in [5.74, 6) is -0.172. The van der Waals surface area contributed by atoms with Crippen LogP contribution in [0, 0.1) is 18.3 Å². The minimum Gasteiger partial charge on any atom is -0.391 e. The topological polar surface area (TPSA) is 173 Å². The minimum atomic E-state index is -0.705. The number of carbonyl (C=O) groups excluding carboxylic acids is 4. The standard InChI is InChI=1S/C53H63N9O5S/c1-32(35-18-20-36(21-19-35)47-34(3)56-31-68-47)57-33(2)45-28-41(64)30-61(45)51(67)43(53(4,5)6)27-40(63)15-12-26-54-49(65)37-22-24-38(25-23-37)58-52-55-29-46-48(59-52)62(39-13-8-9-14-39)44-17-11-10-16-42(44)50(66)60(46)7/h10-11,16-25,29,31-32,39,41,43,45,57,64H,2,8-9,12-15,26-28,30H2,1,3-7H3,(H,54,65)(H,55,58,59)/t32-,41+,43+,45-/m0/s1. The average Bonchev–Trinajstić information content (AvgIpc) is 4.10. The number of hydrogen-bond acceptors (Lipinski definition) is 12. The van der Waals surface area contributed by atoms with E-state index in [1.165, 1.54) is 0 Å². The highest BCUT2D eigenvalue weighted by Gasteiger charge is 2.43. The van der Waals surface area contributed by atoms with Crippen molar-refractivity contribution in [3.05, 3.63) is 119 Å². The predicted octanol–water partition coefficient (Wildman–Crippen LogP) is 9.28. The molecule has 8 rings (SSSR count). The third-order valence-corrected chi connectivity index (χ3v) is 14.6. The number of nitrogens with one attached hydrogen (secondary N) is 3. The van der Waals surface area contributed by atoms with E-state index in [4.69, 9.17) is 4.98 Å². The number of Topliss-reactive ketones (excluding diaryl/α,β-unsaturated/α-hetero) is 1. The van der Waals surface area contributed by atoms with Crippen LogP contribution in [0.3, 0.4) is 0 Å². The number of β-amino-alcohol motifs (C(OH)–C–C–N with tert-alkyl or cyclic N) is 1. The van der Waals surface area contributed by atoms with Gasteiger partial charge in [-0.1, -0.05) is 76.6 Å². The van der Waals surface area contributed by atoms with Crippen LogP contribution in [0.5, 0.6) is 0 Å². The van der Waals surface area contributed by atoms with Crippen LogP contribution in [-0.4, -0.2) is 86.8 Å². The summed E-state index contributed by atoms with van der Waals surface area (Å²) in [7, 11) is 1.75. The number of amides is 3. The molecule has 0 radical (unpaired) electrons. The van der Waals surface area contributed by atoms with E-state index in [2.05, 4.69) is 61.7 Å². The van der Waals surface area contributed by atoms with E-state index in [1.54, 1.807) is 58.6 Å². The number of rotatable bonds is 16. The smallest absolute Gasteiger partial charge is 0.260 e. The molecule has 1 saturated carbocycles. The highest BCUT2D eigenvalue weighted by Crippen LogP contribution is 2.44. The van der Waals surface area contributed by atoms with Gasteiger partial charge in [-0.25, -0.2) is 9.97 Å². The molecule has 356 valence electrons. The number of ketones is 1. The van der Waals surface area contributed by atoms with Gasteiger partial charge < -0.3 is 35.8 Å². The molecule has 0 bridgehead atoms. The van der Waals surface area contributed by atoms with E-state index in [0.29, 0.717) is 52.8 Å². The number of aryl methyl sites for hydroxylation is 1. The van der Waals surface area contributed by atoms with Crippen LogP contribution in [0.1, 0.15) is 117 Å². The molecule has 2 aliphatic heterocycles. The summed E-state index contributed by atoms with van der Waals surface area (Å²) in [6, 6.07) is 22.7. The zero-order valence-corrected chi connectivity index (χ0v) is 40.7. The van der Waals surface area contributed by atoms with Gasteiger partial charge in [0, 0.05) is 74.3 Å². The lowest BCUT2D eigenvalue weighted by Crippen LogP contribution is -2.47. The van der Waals surface area contributed by atoms with Gasteiger partial charge in [0.2, 0.25) is 11.9 Å². The SMILES string of the molecule is C=C(N[C@@H](C)c1ccc(-c2scnc2C)cc1)[C@@H]1C[C@@H](O)CN1C(=O)[C@@H](CC(=O)CCCNC(=O)c1ccc(Nc2ncc3c(n2)N(C2CCCC2)c2ccccc2C(=O)N3C)cc1)C(C)(C)C. The van der Waals surface area contributed by atoms with Crippen LogP contribution in [0.2, 0.25) is 0 Å². The van der Waals surface area contributed by atoms with E-state index in [1.807, 2.05) is 64.4 Å². The highest BCUT2D eigenvalue weighted by molar-refractivity contribution is 7.13. The molecule has 15 heteroatoms. The number of para-hydroxylation sites is 1. The molecule has 1 aliphatic carbocycles. The molecule has 2 aromatic heterocycles. The lowest BCUT2D eigenvalue weighted by molar-refractivity contribution is -0.142. The second-order valence-corrected chi connectivity index (χ2v) is 20.3. The van der Waals surface area contributed by atoms with Gasteiger partial charge in [0.1, 0.15) is 11.5 Å². The Balaban J connectivity index is 0.831. The number of hydrogen-bond donors (Lipinski definition) is 4. The summed E-state index contributed by atoms with van der Waals surface area (Å²) in [5, 5.41) is 20.5. The van der Waals surface area contributed by atoms with Crippen molar-refractivity contribution in [2.45, 2.75) is 110 Å². The number of carbonyl (C=O) groups is 4. The Hall–Kier alpha value is -6.45. The number of anilines is 5. The lowest BCUT2D eigenvalue weighted by Gasteiger charge is -2.36. The van der Waals surface area contributed by atoms with Gasteiger partial charge in [-0.2, -0.15) is 4.98 Å². The Morgan fingerprint density at radius 3 is 2.38 bits per heavy atom. The Morgan fingerprint density at radius 2 is 1.69 bits per heavy atom. The van der Waals surface area contributed by atoms with E-state index < -0.39 is 23.5 Å². The third-order valence-electron chi connectivity index (χ3n) is 13.6. The quantitative estimate of drug-likeness (QED) is 0.0695. The minimum absolute atomic E-state index is 0.0562. The highest BCUT2D eigenvalue weighted by atomic mass is 32.1. The normalized spacial score (nSPS) is 18.1. The molecule has 68 heavy (non-hydrogen) atoms. The first kappa shape index (κ1) is 48.0. The van der Waals surface area contributed by atoms with Crippen LogP contribution < -0.4 is 25.8 Å². The third kappa shape index (κ3) is 10.5. The monoisotopic (exact) mass is 937 g/mol. The Kier molecular flexibility index (Phi) is 14.4. The molecule has 0 unspecified atom stereocenters. The number of aliphatic hydroxyl groups is 1. The predicted molar refractivity (Wildman–Crippen MR) is 269 cm³/mol. The molecule has 14 nitrogen and oxygen atoms in total. The fourth-order valence-corrected chi connectivity index (χ4v) is 10.5. The summed E-state index contributed by atoms with van der Waals surface area (Å²) in [4.78, 5) is 75.1. The van der Waals surface area contributed by atoms with Crippen molar-refractivity contribution in [2.24, 2.45) is 11.3 Å².